The Morgan fingerprint density at radius 2 is 1.19 bits per heavy atom. The number of rotatable bonds is 8. The Hall–Kier alpha value is -4.14. The number of nitrogens with one attached hydrogen (secondary N) is 4. The Kier molecular flexibility index (Phi) is 6.66. The van der Waals surface area contributed by atoms with E-state index in [-0.39, 0.29) is 11.9 Å². The fourth-order valence-electron chi connectivity index (χ4n) is 3.05. The van der Waals surface area contributed by atoms with E-state index in [2.05, 4.69) is 10.6 Å². The van der Waals surface area contributed by atoms with Gasteiger partial charge in [0.15, 0.2) is 11.9 Å². The standard InChI is InChI=1S/C22H26N6O3/c1-3-29-19-11-13(5-7-15(19)27-21(23)24)17-9-10-18(31-17)14-6-8-16(28-22(25)26)20(12-14)30-4-2/h5-12H,3-4H2,1-2H3,(H4,23,24,27)(H4,25,26,28). The summed E-state index contributed by atoms with van der Waals surface area (Å²) in [6.45, 7) is 4.71. The molecule has 0 saturated heterocycles. The van der Waals surface area contributed by atoms with E-state index in [0.29, 0.717) is 47.6 Å². The molecule has 0 spiro atoms. The Balaban J connectivity index is 1.92. The maximum absolute atomic E-state index is 7.44. The van der Waals surface area contributed by atoms with Crippen LogP contribution in [0.3, 0.4) is 0 Å². The first-order chi connectivity index (χ1) is 14.9. The van der Waals surface area contributed by atoms with Crippen LogP contribution >= 0.6 is 0 Å². The van der Waals surface area contributed by atoms with Gasteiger partial charge in [-0.1, -0.05) is 0 Å². The average molecular weight is 422 g/mol. The SMILES string of the molecule is CCOc1cc(-c2ccc(-c3ccc(NC(=N)N)c(OCC)c3)o2)ccc1NC(=N)N. The van der Waals surface area contributed by atoms with Crippen molar-refractivity contribution in [2.75, 3.05) is 23.8 Å². The third-order valence-corrected chi connectivity index (χ3v) is 4.28. The van der Waals surface area contributed by atoms with E-state index < -0.39 is 0 Å². The third kappa shape index (κ3) is 5.27. The summed E-state index contributed by atoms with van der Waals surface area (Å²) < 4.78 is 17.4. The summed E-state index contributed by atoms with van der Waals surface area (Å²) in [5, 5.41) is 20.4. The molecule has 9 heteroatoms. The van der Waals surface area contributed by atoms with E-state index in [9.17, 15) is 0 Å². The predicted molar refractivity (Wildman–Crippen MR) is 123 cm³/mol. The van der Waals surface area contributed by atoms with Crippen LogP contribution in [-0.4, -0.2) is 25.1 Å². The molecule has 0 atom stereocenters. The van der Waals surface area contributed by atoms with Crippen molar-refractivity contribution < 1.29 is 13.9 Å². The summed E-state index contributed by atoms with van der Waals surface area (Å²) in [5.74, 6) is 2.14. The molecule has 8 N–H and O–H groups in total. The fraction of sp³-hybridized carbons (Fsp3) is 0.182. The number of guanidine groups is 2. The summed E-state index contributed by atoms with van der Waals surface area (Å²) in [5.41, 5.74) is 13.8. The van der Waals surface area contributed by atoms with Gasteiger partial charge in [-0.3, -0.25) is 10.8 Å². The van der Waals surface area contributed by atoms with Crippen molar-refractivity contribution in [2.45, 2.75) is 13.8 Å². The molecule has 0 unspecified atom stereocenters. The lowest BCUT2D eigenvalue weighted by molar-refractivity contribution is 0.342. The highest BCUT2D eigenvalue weighted by Gasteiger charge is 2.13. The van der Waals surface area contributed by atoms with Crippen LogP contribution in [0.5, 0.6) is 11.5 Å². The van der Waals surface area contributed by atoms with Gasteiger partial charge in [0.05, 0.1) is 24.6 Å². The summed E-state index contributed by atoms with van der Waals surface area (Å²) in [7, 11) is 0. The number of nitrogens with two attached hydrogens (primary N) is 2. The number of hydrogen-bond acceptors (Lipinski definition) is 5. The molecule has 0 aliphatic heterocycles. The van der Waals surface area contributed by atoms with Crippen LogP contribution in [0.4, 0.5) is 11.4 Å². The zero-order valence-corrected chi connectivity index (χ0v) is 17.4. The molecule has 0 radical (unpaired) electrons. The molecule has 0 bridgehead atoms. The van der Waals surface area contributed by atoms with E-state index in [1.54, 1.807) is 12.1 Å². The first-order valence-corrected chi connectivity index (χ1v) is 9.77. The molecular formula is C22H26N6O3. The second-order valence-electron chi connectivity index (χ2n) is 6.53. The monoisotopic (exact) mass is 422 g/mol. The van der Waals surface area contributed by atoms with Crippen LogP contribution in [0.25, 0.3) is 22.6 Å². The van der Waals surface area contributed by atoms with Crippen molar-refractivity contribution in [3.63, 3.8) is 0 Å². The van der Waals surface area contributed by atoms with E-state index in [1.807, 2.05) is 50.2 Å². The number of hydrogen-bond donors (Lipinski definition) is 6. The van der Waals surface area contributed by atoms with Gasteiger partial charge in [0, 0.05) is 11.1 Å². The van der Waals surface area contributed by atoms with Gasteiger partial charge in [-0.15, -0.1) is 0 Å². The quantitative estimate of drug-likeness (QED) is 0.236. The molecule has 0 saturated carbocycles. The highest BCUT2D eigenvalue weighted by molar-refractivity contribution is 5.92. The number of furan rings is 1. The van der Waals surface area contributed by atoms with Crippen molar-refractivity contribution in [2.24, 2.45) is 11.5 Å². The Morgan fingerprint density at radius 3 is 1.55 bits per heavy atom. The molecule has 31 heavy (non-hydrogen) atoms. The van der Waals surface area contributed by atoms with Gasteiger partial charge in [0.25, 0.3) is 0 Å². The van der Waals surface area contributed by atoms with E-state index in [4.69, 9.17) is 36.2 Å². The highest BCUT2D eigenvalue weighted by atomic mass is 16.5. The van der Waals surface area contributed by atoms with Crippen molar-refractivity contribution in [1.82, 2.24) is 0 Å². The maximum Gasteiger partial charge on any atom is 0.190 e. The van der Waals surface area contributed by atoms with Gasteiger partial charge in [-0.05, 0) is 62.4 Å². The molecule has 1 heterocycles. The van der Waals surface area contributed by atoms with Crippen LogP contribution in [0.1, 0.15) is 13.8 Å². The minimum atomic E-state index is -0.165. The van der Waals surface area contributed by atoms with Gasteiger partial charge in [0.2, 0.25) is 0 Å². The van der Waals surface area contributed by atoms with Crippen molar-refractivity contribution in [3.05, 3.63) is 48.5 Å². The summed E-state index contributed by atoms with van der Waals surface area (Å²) in [6.07, 6.45) is 0. The van der Waals surface area contributed by atoms with E-state index in [0.717, 1.165) is 11.1 Å². The molecule has 1 aromatic heterocycles. The topological polar surface area (TPSA) is 155 Å². The van der Waals surface area contributed by atoms with E-state index in [1.165, 1.54) is 0 Å². The normalized spacial score (nSPS) is 10.4. The molecule has 9 nitrogen and oxygen atoms in total. The van der Waals surface area contributed by atoms with Crippen molar-refractivity contribution in [1.29, 1.82) is 10.8 Å². The first kappa shape index (κ1) is 21.6. The predicted octanol–water partition coefficient (Wildman–Crippen LogP) is 4.02. The molecule has 162 valence electrons. The van der Waals surface area contributed by atoms with Crippen molar-refractivity contribution >= 4 is 23.3 Å². The van der Waals surface area contributed by atoms with Crippen LogP contribution in [0.15, 0.2) is 52.9 Å². The zero-order valence-electron chi connectivity index (χ0n) is 17.4. The van der Waals surface area contributed by atoms with Crippen LogP contribution < -0.4 is 31.6 Å². The van der Waals surface area contributed by atoms with Gasteiger partial charge >= 0.3 is 0 Å². The average Bonchev–Trinajstić information content (AvgIpc) is 3.20. The molecular weight excluding hydrogens is 396 g/mol. The van der Waals surface area contributed by atoms with E-state index >= 15 is 0 Å². The minimum absolute atomic E-state index is 0.165. The molecule has 3 rings (SSSR count). The summed E-state index contributed by atoms with van der Waals surface area (Å²) in [4.78, 5) is 0. The second-order valence-corrected chi connectivity index (χ2v) is 6.53. The number of benzene rings is 2. The number of ether oxygens (including phenoxy) is 2. The van der Waals surface area contributed by atoms with Crippen LogP contribution in [0, 0.1) is 10.8 Å². The molecule has 2 aromatic carbocycles. The lowest BCUT2D eigenvalue weighted by Gasteiger charge is -2.13. The molecule has 0 amide bonds. The minimum Gasteiger partial charge on any atom is -0.492 e. The largest absolute Gasteiger partial charge is 0.492 e. The zero-order chi connectivity index (χ0) is 22.4. The van der Waals surface area contributed by atoms with Gasteiger partial charge < -0.3 is 36.0 Å². The Labute approximate surface area is 180 Å². The molecule has 3 aromatic rings. The first-order valence-electron chi connectivity index (χ1n) is 9.77. The lowest BCUT2D eigenvalue weighted by Crippen LogP contribution is -2.20. The van der Waals surface area contributed by atoms with Crippen LogP contribution in [0.2, 0.25) is 0 Å². The van der Waals surface area contributed by atoms with Gasteiger partial charge in [-0.2, -0.15) is 0 Å². The fourth-order valence-corrected chi connectivity index (χ4v) is 3.05. The number of anilines is 2. The Morgan fingerprint density at radius 1 is 0.774 bits per heavy atom. The molecule has 0 fully saturated rings. The van der Waals surface area contributed by atoms with Crippen LogP contribution in [-0.2, 0) is 0 Å². The highest BCUT2D eigenvalue weighted by Crippen LogP contribution is 2.36. The van der Waals surface area contributed by atoms with Gasteiger partial charge in [0.1, 0.15) is 23.0 Å². The summed E-state index contributed by atoms with van der Waals surface area (Å²) >= 11 is 0. The molecule has 0 aliphatic carbocycles. The smallest absolute Gasteiger partial charge is 0.190 e. The lowest BCUT2D eigenvalue weighted by atomic mass is 10.1. The summed E-state index contributed by atoms with van der Waals surface area (Å²) in [6, 6.07) is 14.7. The molecule has 0 aliphatic rings. The van der Waals surface area contributed by atoms with Crippen molar-refractivity contribution in [3.8, 4) is 34.1 Å². The second kappa shape index (κ2) is 9.57. The third-order valence-electron chi connectivity index (χ3n) is 4.28. The maximum atomic E-state index is 7.44. The Bertz CT molecular complexity index is 1010. The van der Waals surface area contributed by atoms with Gasteiger partial charge in [-0.25, -0.2) is 0 Å².